The van der Waals surface area contributed by atoms with Gasteiger partial charge in [-0.05, 0) is 24.1 Å². The fourth-order valence-electron chi connectivity index (χ4n) is 3.47. The second-order valence-corrected chi connectivity index (χ2v) is 7.73. The van der Waals surface area contributed by atoms with E-state index in [1.165, 1.54) is 0 Å². The third-order valence-corrected chi connectivity index (χ3v) is 5.31. The number of hydrogen-bond donors (Lipinski definition) is 0. The molecule has 0 aliphatic carbocycles. The second-order valence-electron chi connectivity index (χ2n) is 7.73. The van der Waals surface area contributed by atoms with Gasteiger partial charge in [0.25, 0.3) is 5.91 Å². The molecule has 8 heteroatoms. The molecule has 4 heterocycles. The fourth-order valence-corrected chi connectivity index (χ4v) is 3.47. The number of carbonyl (C=O) groups excluding carboxylic acids is 1. The maximum atomic E-state index is 12.7. The van der Waals surface area contributed by atoms with Crippen LogP contribution in [0, 0.1) is 0 Å². The SMILES string of the molecule is CC(C)c1cc(C(=O)N2CCN(Cc3cc(-c4cccnc4)nn3C)CC2)on1. The minimum absolute atomic E-state index is 0.0801. The maximum absolute atomic E-state index is 12.7. The molecule has 0 N–H and O–H groups in total. The Morgan fingerprint density at radius 1 is 1.21 bits per heavy atom. The summed E-state index contributed by atoms with van der Waals surface area (Å²) in [7, 11) is 1.96. The third-order valence-electron chi connectivity index (χ3n) is 5.31. The maximum Gasteiger partial charge on any atom is 0.292 e. The van der Waals surface area contributed by atoms with Gasteiger partial charge in [0.05, 0.1) is 17.1 Å². The highest BCUT2D eigenvalue weighted by Gasteiger charge is 2.26. The average Bonchev–Trinajstić information content (AvgIpc) is 3.37. The molecule has 1 saturated heterocycles. The minimum Gasteiger partial charge on any atom is -0.351 e. The molecule has 4 rings (SSSR count). The van der Waals surface area contributed by atoms with Gasteiger partial charge < -0.3 is 9.42 Å². The lowest BCUT2D eigenvalue weighted by Crippen LogP contribution is -2.48. The van der Waals surface area contributed by atoms with Gasteiger partial charge in [-0.25, -0.2) is 0 Å². The van der Waals surface area contributed by atoms with Crippen LogP contribution in [-0.4, -0.2) is 61.8 Å². The number of nitrogens with zero attached hydrogens (tertiary/aromatic N) is 6. The lowest BCUT2D eigenvalue weighted by atomic mass is 10.1. The van der Waals surface area contributed by atoms with Crippen LogP contribution >= 0.6 is 0 Å². The van der Waals surface area contributed by atoms with Crippen LogP contribution < -0.4 is 0 Å². The number of pyridine rings is 1. The topological polar surface area (TPSA) is 80.3 Å². The molecule has 1 aliphatic heterocycles. The van der Waals surface area contributed by atoms with E-state index in [1.807, 2.05) is 48.8 Å². The van der Waals surface area contributed by atoms with Crippen LogP contribution in [0.3, 0.4) is 0 Å². The first-order valence-electron chi connectivity index (χ1n) is 9.93. The Labute approximate surface area is 170 Å². The second kappa shape index (κ2) is 8.16. The first-order chi connectivity index (χ1) is 14.0. The van der Waals surface area contributed by atoms with E-state index in [-0.39, 0.29) is 11.8 Å². The van der Waals surface area contributed by atoms with Crippen molar-refractivity contribution in [3.8, 4) is 11.3 Å². The molecule has 0 spiro atoms. The van der Waals surface area contributed by atoms with Gasteiger partial charge in [-0.2, -0.15) is 5.10 Å². The summed E-state index contributed by atoms with van der Waals surface area (Å²) in [5, 5.41) is 8.60. The van der Waals surface area contributed by atoms with Gasteiger partial charge in [0, 0.05) is 63.8 Å². The first-order valence-corrected chi connectivity index (χ1v) is 9.93. The van der Waals surface area contributed by atoms with Crippen LogP contribution in [0.5, 0.6) is 0 Å². The summed E-state index contributed by atoms with van der Waals surface area (Å²) in [6.07, 6.45) is 3.58. The molecular formula is C21H26N6O2. The van der Waals surface area contributed by atoms with Crippen LogP contribution in [0.1, 0.15) is 41.7 Å². The Kier molecular flexibility index (Phi) is 5.44. The summed E-state index contributed by atoms with van der Waals surface area (Å²) in [6.45, 7) is 7.82. The molecule has 1 fully saturated rings. The quantitative estimate of drug-likeness (QED) is 0.662. The summed E-state index contributed by atoms with van der Waals surface area (Å²) >= 11 is 0. The highest BCUT2D eigenvalue weighted by atomic mass is 16.5. The number of rotatable bonds is 5. The van der Waals surface area contributed by atoms with Crippen molar-refractivity contribution >= 4 is 5.91 Å². The smallest absolute Gasteiger partial charge is 0.292 e. The molecule has 0 unspecified atom stereocenters. The number of aromatic nitrogens is 4. The van der Waals surface area contributed by atoms with E-state index in [2.05, 4.69) is 26.2 Å². The Hall–Kier alpha value is -3.00. The van der Waals surface area contributed by atoms with E-state index in [9.17, 15) is 4.79 Å². The fraction of sp³-hybridized carbons (Fsp3) is 0.429. The normalized spacial score (nSPS) is 15.2. The molecule has 8 nitrogen and oxygen atoms in total. The van der Waals surface area contributed by atoms with Gasteiger partial charge in [0.2, 0.25) is 5.76 Å². The molecule has 1 amide bonds. The van der Waals surface area contributed by atoms with E-state index in [4.69, 9.17) is 4.52 Å². The van der Waals surface area contributed by atoms with Crippen molar-refractivity contribution in [3.63, 3.8) is 0 Å². The zero-order valence-electron chi connectivity index (χ0n) is 17.1. The summed E-state index contributed by atoms with van der Waals surface area (Å²) in [5.74, 6) is 0.492. The number of piperazine rings is 1. The molecule has 0 saturated carbocycles. The molecule has 0 atom stereocenters. The largest absolute Gasteiger partial charge is 0.351 e. The van der Waals surface area contributed by atoms with E-state index < -0.39 is 0 Å². The summed E-state index contributed by atoms with van der Waals surface area (Å²) in [6, 6.07) is 7.79. The zero-order valence-corrected chi connectivity index (χ0v) is 17.1. The van der Waals surface area contributed by atoms with Gasteiger partial charge >= 0.3 is 0 Å². The van der Waals surface area contributed by atoms with Crippen LogP contribution in [0.2, 0.25) is 0 Å². The van der Waals surface area contributed by atoms with Crippen molar-refractivity contribution in [1.82, 2.24) is 29.7 Å². The molecule has 3 aromatic rings. The molecule has 152 valence electrons. The average molecular weight is 394 g/mol. The molecule has 0 aromatic carbocycles. The number of hydrogen-bond acceptors (Lipinski definition) is 6. The Morgan fingerprint density at radius 3 is 2.66 bits per heavy atom. The molecule has 3 aromatic heterocycles. The summed E-state index contributed by atoms with van der Waals surface area (Å²) in [5.41, 5.74) is 3.89. The summed E-state index contributed by atoms with van der Waals surface area (Å²) < 4.78 is 7.17. The highest BCUT2D eigenvalue weighted by Crippen LogP contribution is 2.20. The van der Waals surface area contributed by atoms with Gasteiger partial charge in [0.15, 0.2) is 0 Å². The number of aryl methyl sites for hydroxylation is 1. The monoisotopic (exact) mass is 394 g/mol. The molecule has 0 radical (unpaired) electrons. The molecular weight excluding hydrogens is 368 g/mol. The molecule has 1 aliphatic rings. The van der Waals surface area contributed by atoms with Gasteiger partial charge in [0.1, 0.15) is 0 Å². The van der Waals surface area contributed by atoms with Crippen molar-refractivity contribution < 1.29 is 9.32 Å². The standard InChI is InChI=1S/C21H26N6O2/c1-15(2)18-12-20(29-24-18)21(28)27-9-7-26(8-10-27)14-17-11-19(23-25(17)3)16-5-4-6-22-13-16/h4-6,11-13,15H,7-10,14H2,1-3H3. The van der Waals surface area contributed by atoms with Crippen molar-refractivity contribution in [1.29, 1.82) is 0 Å². The van der Waals surface area contributed by atoms with Crippen molar-refractivity contribution in [2.75, 3.05) is 26.2 Å². The van der Waals surface area contributed by atoms with Crippen LogP contribution in [-0.2, 0) is 13.6 Å². The Bertz CT molecular complexity index is 970. The lowest BCUT2D eigenvalue weighted by molar-refractivity contribution is 0.0585. The van der Waals surface area contributed by atoms with E-state index in [0.29, 0.717) is 18.8 Å². The Morgan fingerprint density at radius 2 is 2.00 bits per heavy atom. The van der Waals surface area contributed by atoms with Gasteiger partial charge in [-0.3, -0.25) is 19.4 Å². The molecule has 29 heavy (non-hydrogen) atoms. The van der Waals surface area contributed by atoms with Gasteiger partial charge in [-0.15, -0.1) is 0 Å². The summed E-state index contributed by atoms with van der Waals surface area (Å²) in [4.78, 5) is 21.0. The van der Waals surface area contributed by atoms with E-state index >= 15 is 0 Å². The Balaban J connectivity index is 1.35. The van der Waals surface area contributed by atoms with Crippen LogP contribution in [0.4, 0.5) is 0 Å². The van der Waals surface area contributed by atoms with Crippen molar-refractivity contribution in [2.24, 2.45) is 7.05 Å². The van der Waals surface area contributed by atoms with E-state index in [0.717, 1.165) is 42.3 Å². The van der Waals surface area contributed by atoms with E-state index in [1.54, 1.807) is 12.3 Å². The minimum atomic E-state index is -0.0801. The van der Waals surface area contributed by atoms with Crippen LogP contribution in [0.25, 0.3) is 11.3 Å². The predicted molar refractivity (Wildman–Crippen MR) is 108 cm³/mol. The van der Waals surface area contributed by atoms with Gasteiger partial charge in [-0.1, -0.05) is 19.0 Å². The first kappa shape index (κ1) is 19.3. The lowest BCUT2D eigenvalue weighted by Gasteiger charge is -2.34. The highest BCUT2D eigenvalue weighted by molar-refractivity contribution is 5.91. The van der Waals surface area contributed by atoms with Crippen LogP contribution in [0.15, 0.2) is 41.2 Å². The zero-order chi connectivity index (χ0) is 20.4. The third kappa shape index (κ3) is 4.22. The molecule has 0 bridgehead atoms. The number of carbonyl (C=O) groups is 1. The van der Waals surface area contributed by atoms with Crippen molar-refractivity contribution in [2.45, 2.75) is 26.3 Å². The van der Waals surface area contributed by atoms with Crippen molar-refractivity contribution in [3.05, 3.63) is 53.8 Å². The number of amides is 1. The predicted octanol–water partition coefficient (Wildman–Crippen LogP) is 2.55.